The van der Waals surface area contributed by atoms with E-state index < -0.39 is 16.1 Å². The van der Waals surface area contributed by atoms with Crippen molar-refractivity contribution >= 4 is 21.8 Å². The molecule has 0 saturated carbocycles. The highest BCUT2D eigenvalue weighted by molar-refractivity contribution is 7.89. The molecule has 35 heavy (non-hydrogen) atoms. The Morgan fingerprint density at radius 2 is 1.74 bits per heavy atom. The van der Waals surface area contributed by atoms with Crippen LogP contribution in [0, 0.1) is 19.8 Å². The van der Waals surface area contributed by atoms with Crippen LogP contribution in [0.2, 0.25) is 0 Å². The number of ether oxygens (including phenoxy) is 1. The summed E-state index contributed by atoms with van der Waals surface area (Å²) in [4.78, 5) is 26.3. The molecule has 1 aliphatic heterocycles. The molecular weight excluding hydrogens is 466 g/mol. The van der Waals surface area contributed by atoms with Crippen molar-refractivity contribution < 1.29 is 22.7 Å². The molecule has 0 spiro atoms. The number of nitrogens with one attached hydrogen (secondary N) is 2. The van der Waals surface area contributed by atoms with Gasteiger partial charge in [0.2, 0.25) is 15.9 Å². The van der Waals surface area contributed by atoms with Gasteiger partial charge in [-0.3, -0.25) is 9.59 Å². The number of aryl methyl sites for hydroxylation is 2. The van der Waals surface area contributed by atoms with E-state index in [9.17, 15) is 18.0 Å². The van der Waals surface area contributed by atoms with E-state index in [-0.39, 0.29) is 35.7 Å². The van der Waals surface area contributed by atoms with Gasteiger partial charge in [0.1, 0.15) is 6.04 Å². The Kier molecular flexibility index (Phi) is 9.42. The molecule has 0 radical (unpaired) electrons. The molecule has 1 aliphatic rings. The molecule has 3 rings (SSSR count). The summed E-state index contributed by atoms with van der Waals surface area (Å²) >= 11 is 0. The second kappa shape index (κ2) is 12.3. The molecule has 2 aromatic carbocycles. The number of methoxy groups -OCH3 is 1. The van der Waals surface area contributed by atoms with Crippen LogP contribution >= 0.6 is 0 Å². The smallest absolute Gasteiger partial charge is 0.251 e. The molecule has 1 heterocycles. The lowest BCUT2D eigenvalue weighted by Gasteiger charge is -2.35. The van der Waals surface area contributed by atoms with E-state index in [4.69, 9.17) is 4.74 Å². The molecule has 8 nitrogen and oxygen atoms in total. The molecule has 1 atom stereocenters. The van der Waals surface area contributed by atoms with Crippen molar-refractivity contribution in [1.82, 2.24) is 14.9 Å². The third kappa shape index (κ3) is 7.13. The summed E-state index contributed by atoms with van der Waals surface area (Å²) in [5.74, 6) is -0.766. The lowest BCUT2D eigenvalue weighted by molar-refractivity contribution is -0.124. The van der Waals surface area contributed by atoms with Gasteiger partial charge in [-0.1, -0.05) is 35.4 Å². The number of hydrogen-bond donors (Lipinski definition) is 2. The summed E-state index contributed by atoms with van der Waals surface area (Å²) in [5.41, 5.74) is 2.43. The minimum Gasteiger partial charge on any atom is -0.385 e. The van der Waals surface area contributed by atoms with Crippen LogP contribution in [-0.2, 0) is 19.6 Å². The fourth-order valence-electron chi connectivity index (χ4n) is 4.26. The molecule has 0 aromatic heterocycles. The number of piperidine rings is 1. The van der Waals surface area contributed by atoms with Crippen LogP contribution in [0.5, 0.6) is 0 Å². The number of carbonyl (C=O) groups excluding carboxylic acids is 2. The zero-order chi connectivity index (χ0) is 25.4. The second-order valence-electron chi connectivity index (χ2n) is 9.01. The quantitative estimate of drug-likeness (QED) is 0.487. The third-order valence-electron chi connectivity index (χ3n) is 6.30. The Morgan fingerprint density at radius 1 is 1.06 bits per heavy atom. The lowest BCUT2D eigenvalue weighted by Crippen LogP contribution is -2.54. The number of carbonyl (C=O) groups is 2. The Balaban J connectivity index is 1.71. The van der Waals surface area contributed by atoms with Crippen LogP contribution in [0.3, 0.4) is 0 Å². The van der Waals surface area contributed by atoms with Gasteiger partial charge in [-0.25, -0.2) is 8.42 Å². The van der Waals surface area contributed by atoms with Gasteiger partial charge in [-0.05, 0) is 63.3 Å². The van der Waals surface area contributed by atoms with Crippen molar-refractivity contribution in [3.8, 4) is 0 Å². The van der Waals surface area contributed by atoms with Crippen LogP contribution < -0.4 is 10.6 Å². The molecule has 0 unspecified atom stereocenters. The number of benzene rings is 2. The van der Waals surface area contributed by atoms with Crippen molar-refractivity contribution in [2.45, 2.75) is 44.0 Å². The molecule has 0 bridgehead atoms. The van der Waals surface area contributed by atoms with E-state index >= 15 is 0 Å². The Hall–Kier alpha value is -2.75. The third-order valence-corrected chi connectivity index (χ3v) is 8.22. The van der Waals surface area contributed by atoms with Crippen molar-refractivity contribution in [3.05, 3.63) is 65.2 Å². The zero-order valence-corrected chi connectivity index (χ0v) is 21.4. The molecule has 2 aromatic rings. The predicted octanol–water partition coefficient (Wildman–Crippen LogP) is 2.66. The maximum atomic E-state index is 13.1. The Labute approximate surface area is 208 Å². The monoisotopic (exact) mass is 501 g/mol. The van der Waals surface area contributed by atoms with Crippen LogP contribution in [0.15, 0.2) is 53.4 Å². The largest absolute Gasteiger partial charge is 0.385 e. The van der Waals surface area contributed by atoms with Gasteiger partial charge in [0, 0.05) is 38.9 Å². The highest BCUT2D eigenvalue weighted by Gasteiger charge is 2.36. The first-order valence-electron chi connectivity index (χ1n) is 11.9. The summed E-state index contributed by atoms with van der Waals surface area (Å²) in [6.45, 7) is 5.34. The van der Waals surface area contributed by atoms with E-state index in [0.717, 1.165) is 11.1 Å². The number of hydrogen-bond acceptors (Lipinski definition) is 5. The van der Waals surface area contributed by atoms with E-state index in [1.165, 1.54) is 4.31 Å². The summed E-state index contributed by atoms with van der Waals surface area (Å²) < 4.78 is 32.6. The van der Waals surface area contributed by atoms with Gasteiger partial charge in [-0.15, -0.1) is 0 Å². The summed E-state index contributed by atoms with van der Waals surface area (Å²) in [6.07, 6.45) is 1.60. The fourth-order valence-corrected chi connectivity index (χ4v) is 5.72. The van der Waals surface area contributed by atoms with Gasteiger partial charge >= 0.3 is 0 Å². The molecule has 1 fully saturated rings. The zero-order valence-electron chi connectivity index (χ0n) is 20.6. The van der Waals surface area contributed by atoms with Crippen molar-refractivity contribution in [3.63, 3.8) is 0 Å². The van der Waals surface area contributed by atoms with Crippen molar-refractivity contribution in [1.29, 1.82) is 0 Å². The van der Waals surface area contributed by atoms with Crippen LogP contribution in [-0.4, -0.2) is 63.9 Å². The number of rotatable bonds is 10. The van der Waals surface area contributed by atoms with Gasteiger partial charge in [0.15, 0.2) is 0 Å². The number of sulfonamides is 1. The topological polar surface area (TPSA) is 105 Å². The Bertz CT molecular complexity index is 1110. The Morgan fingerprint density at radius 3 is 2.37 bits per heavy atom. The molecule has 1 saturated heterocycles. The van der Waals surface area contributed by atoms with Crippen LogP contribution in [0.25, 0.3) is 0 Å². The van der Waals surface area contributed by atoms with Gasteiger partial charge < -0.3 is 15.4 Å². The summed E-state index contributed by atoms with van der Waals surface area (Å²) in [6, 6.07) is 13.2. The number of nitrogens with zero attached hydrogens (tertiary/aromatic N) is 1. The van der Waals surface area contributed by atoms with Crippen molar-refractivity contribution in [2.75, 3.05) is 33.4 Å². The molecule has 190 valence electrons. The highest BCUT2D eigenvalue weighted by atomic mass is 32.2. The second-order valence-corrected chi connectivity index (χ2v) is 11.0. The van der Waals surface area contributed by atoms with Crippen LogP contribution in [0.4, 0.5) is 0 Å². The minimum absolute atomic E-state index is 0.185. The highest BCUT2D eigenvalue weighted by Crippen LogP contribution is 2.26. The normalized spacial score (nSPS) is 16.0. The van der Waals surface area contributed by atoms with E-state index in [0.29, 0.717) is 38.0 Å². The summed E-state index contributed by atoms with van der Waals surface area (Å²) in [5, 5.41) is 5.80. The lowest BCUT2D eigenvalue weighted by atomic mass is 9.89. The van der Waals surface area contributed by atoms with E-state index in [1.807, 2.05) is 19.9 Å². The fraction of sp³-hybridized carbons (Fsp3) is 0.462. The minimum atomic E-state index is -3.61. The first-order valence-corrected chi connectivity index (χ1v) is 13.4. The average Bonchev–Trinajstić information content (AvgIpc) is 2.85. The maximum Gasteiger partial charge on any atom is 0.251 e. The van der Waals surface area contributed by atoms with E-state index in [2.05, 4.69) is 10.6 Å². The first-order chi connectivity index (χ1) is 16.7. The molecule has 0 aliphatic carbocycles. The first kappa shape index (κ1) is 26.8. The summed E-state index contributed by atoms with van der Waals surface area (Å²) in [7, 11) is -2.01. The molecule has 9 heteroatoms. The predicted molar refractivity (Wildman–Crippen MR) is 135 cm³/mol. The van der Waals surface area contributed by atoms with Crippen LogP contribution in [0.1, 0.15) is 40.7 Å². The van der Waals surface area contributed by atoms with Gasteiger partial charge in [-0.2, -0.15) is 4.31 Å². The molecule has 2 N–H and O–H groups in total. The van der Waals surface area contributed by atoms with Crippen molar-refractivity contribution in [2.24, 2.45) is 5.92 Å². The molecular formula is C26H35N3O5S. The maximum absolute atomic E-state index is 13.1. The van der Waals surface area contributed by atoms with E-state index in [1.54, 1.807) is 49.6 Å². The standard InChI is InChI=1S/C26H35N3O5S/c1-19-8-10-23(11-9-19)35(32,33)29-15-12-21(13-16-29)24(26(31)27-14-5-17-34-3)28-25(30)22-7-4-6-20(2)18-22/h4,6-11,18,21,24H,5,12-17H2,1-3H3,(H,27,31)(H,28,30)/t24-/m1/s1. The average molecular weight is 502 g/mol. The molecule has 2 amide bonds. The SMILES string of the molecule is COCCCNC(=O)[C@H](NC(=O)c1cccc(C)c1)C1CCN(S(=O)(=O)c2ccc(C)cc2)CC1. The van der Waals surface area contributed by atoms with Gasteiger partial charge in [0.25, 0.3) is 5.91 Å². The van der Waals surface area contributed by atoms with Gasteiger partial charge in [0.05, 0.1) is 4.90 Å². The number of amides is 2.